The smallest absolute Gasteiger partial charge is 0.475 e. The highest BCUT2D eigenvalue weighted by Gasteiger charge is 2.38. The quantitative estimate of drug-likeness (QED) is 0.437. The summed E-state index contributed by atoms with van der Waals surface area (Å²) in [5.41, 5.74) is 6.77. The second-order valence-corrected chi connectivity index (χ2v) is 9.46. The fourth-order valence-electron chi connectivity index (χ4n) is 2.75. The molecule has 196 valence electrons. The van der Waals surface area contributed by atoms with Crippen LogP contribution in [0.2, 0.25) is 0 Å². The van der Waals surface area contributed by atoms with Gasteiger partial charge in [0.1, 0.15) is 5.82 Å². The monoisotopic (exact) mass is 533 g/mol. The summed E-state index contributed by atoms with van der Waals surface area (Å²) >= 11 is 1.24. The number of nitrogens with one attached hydrogen (secondary N) is 2. The van der Waals surface area contributed by atoms with E-state index in [1.165, 1.54) is 23.5 Å². The number of benzene rings is 1. The Labute approximate surface area is 206 Å². The maximum atomic E-state index is 14.3. The average molecular weight is 534 g/mol. The maximum absolute atomic E-state index is 14.3. The van der Waals surface area contributed by atoms with E-state index in [1.807, 2.05) is 20.8 Å². The number of carboxylic acid groups (broad SMARTS) is 1. The number of halogens is 4. The van der Waals surface area contributed by atoms with Crippen molar-refractivity contribution in [1.29, 1.82) is 0 Å². The van der Waals surface area contributed by atoms with Crippen molar-refractivity contribution in [1.82, 2.24) is 10.3 Å². The van der Waals surface area contributed by atoms with Crippen LogP contribution in [-0.4, -0.2) is 46.6 Å². The lowest BCUT2D eigenvalue weighted by molar-refractivity contribution is -0.192. The first kappa shape index (κ1) is 28.6. The summed E-state index contributed by atoms with van der Waals surface area (Å²) in [5, 5.41) is 14.1. The first-order valence-electron chi connectivity index (χ1n) is 10.2. The average Bonchev–Trinajstić information content (AvgIpc) is 3.21. The largest absolute Gasteiger partial charge is 0.490 e. The molecule has 1 atom stereocenters. The first-order valence-corrected chi connectivity index (χ1v) is 11.1. The topological polar surface area (TPSA) is 155 Å². The third-order valence-electron chi connectivity index (χ3n) is 4.79. The van der Waals surface area contributed by atoms with Gasteiger partial charge in [-0.15, -0.1) is 11.3 Å². The van der Waals surface area contributed by atoms with Crippen molar-refractivity contribution in [2.45, 2.75) is 39.4 Å². The predicted molar refractivity (Wildman–Crippen MR) is 122 cm³/mol. The first-order chi connectivity index (χ1) is 16.5. The van der Waals surface area contributed by atoms with Crippen LogP contribution in [0.1, 0.15) is 49.3 Å². The lowest BCUT2D eigenvalue weighted by Crippen LogP contribution is -2.50. The number of amides is 4. The molecule has 1 aliphatic heterocycles. The van der Waals surface area contributed by atoms with Crippen LogP contribution in [0.25, 0.3) is 0 Å². The molecule has 10 nitrogen and oxygen atoms in total. The van der Waals surface area contributed by atoms with Crippen molar-refractivity contribution >= 4 is 46.0 Å². The highest BCUT2D eigenvalue weighted by Crippen LogP contribution is 2.32. The summed E-state index contributed by atoms with van der Waals surface area (Å²) in [6.45, 7) is 6.03. The van der Waals surface area contributed by atoms with Crippen LogP contribution in [0.4, 0.5) is 33.2 Å². The number of aromatic nitrogens is 1. The molecule has 0 radical (unpaired) electrons. The molecule has 15 heteroatoms. The number of hydrogen-bond donors (Lipinski definition) is 4. The van der Waals surface area contributed by atoms with Gasteiger partial charge in [-0.2, -0.15) is 13.2 Å². The molecule has 0 saturated carbocycles. The Bertz CT molecular complexity index is 1160. The number of nitrogens with two attached hydrogens (primary N) is 1. The van der Waals surface area contributed by atoms with Gasteiger partial charge in [-0.05, 0) is 23.6 Å². The lowest BCUT2D eigenvalue weighted by atomic mass is 9.86. The number of nitrogens with zero attached hydrogens (tertiary/aromatic N) is 2. The second-order valence-electron chi connectivity index (χ2n) is 8.60. The molecule has 1 aliphatic rings. The third-order valence-corrected chi connectivity index (χ3v) is 5.57. The molecule has 1 aromatic carbocycles. The Morgan fingerprint density at radius 3 is 2.39 bits per heavy atom. The summed E-state index contributed by atoms with van der Waals surface area (Å²) < 4.78 is 46.0. The van der Waals surface area contributed by atoms with Crippen LogP contribution in [0, 0.1) is 11.2 Å². The Balaban J connectivity index is 0.000000572. The van der Waals surface area contributed by atoms with Crippen molar-refractivity contribution in [2.24, 2.45) is 11.1 Å². The zero-order valence-electron chi connectivity index (χ0n) is 19.3. The number of carboxylic acids is 1. The van der Waals surface area contributed by atoms with Gasteiger partial charge in [-0.25, -0.2) is 19.0 Å². The zero-order chi connectivity index (χ0) is 27.4. The molecule has 0 aliphatic carbocycles. The van der Waals surface area contributed by atoms with Crippen molar-refractivity contribution in [3.05, 3.63) is 40.7 Å². The molecule has 2 aromatic rings. The molecule has 0 unspecified atom stereocenters. The van der Waals surface area contributed by atoms with Gasteiger partial charge >= 0.3 is 18.2 Å². The molecule has 0 spiro atoms. The second kappa shape index (κ2) is 11.0. The predicted octanol–water partition coefficient (Wildman–Crippen LogP) is 3.66. The normalized spacial score (nSPS) is 14.9. The van der Waals surface area contributed by atoms with Crippen LogP contribution in [0.15, 0.2) is 23.6 Å². The van der Waals surface area contributed by atoms with E-state index in [9.17, 15) is 31.9 Å². The number of carbonyl (C=O) groups is 4. The summed E-state index contributed by atoms with van der Waals surface area (Å²) in [6.07, 6.45) is -5.03. The molecule has 1 fully saturated rings. The molecule has 2 heterocycles. The number of urea groups is 1. The van der Waals surface area contributed by atoms with E-state index in [1.54, 1.807) is 5.38 Å². The summed E-state index contributed by atoms with van der Waals surface area (Å²) in [6, 6.07) is 2.68. The van der Waals surface area contributed by atoms with E-state index >= 15 is 0 Å². The Morgan fingerprint density at radius 2 is 1.86 bits per heavy atom. The van der Waals surface area contributed by atoms with Crippen LogP contribution in [0.5, 0.6) is 0 Å². The van der Waals surface area contributed by atoms with Gasteiger partial charge in [0.25, 0.3) is 5.91 Å². The zero-order valence-corrected chi connectivity index (χ0v) is 20.1. The minimum Gasteiger partial charge on any atom is -0.475 e. The Kier molecular flexibility index (Phi) is 8.75. The number of anilines is 2. The van der Waals surface area contributed by atoms with Crippen molar-refractivity contribution < 1.29 is 41.8 Å². The SMILES string of the molecule is CC(C)(C)[C@@H](N)c1csc(NC(=O)c2ccc(F)c(N3CCC(=O)NC3=O)c2)n1.O=C(O)C(F)(F)F. The van der Waals surface area contributed by atoms with E-state index < -0.39 is 35.8 Å². The Hall–Kier alpha value is -3.59. The van der Waals surface area contributed by atoms with Crippen molar-refractivity contribution in [3.63, 3.8) is 0 Å². The molecule has 1 aromatic heterocycles. The third kappa shape index (κ3) is 7.45. The van der Waals surface area contributed by atoms with E-state index in [2.05, 4.69) is 15.6 Å². The van der Waals surface area contributed by atoms with Crippen LogP contribution in [0.3, 0.4) is 0 Å². The number of imide groups is 1. The number of carbonyl (C=O) groups excluding carboxylic acids is 3. The van der Waals surface area contributed by atoms with Crippen molar-refractivity contribution in [3.8, 4) is 0 Å². The van der Waals surface area contributed by atoms with E-state index in [0.717, 1.165) is 11.0 Å². The van der Waals surface area contributed by atoms with Gasteiger partial charge in [0, 0.05) is 23.9 Å². The minimum absolute atomic E-state index is 0.0349. The van der Waals surface area contributed by atoms with Gasteiger partial charge in [0.05, 0.1) is 17.4 Å². The van der Waals surface area contributed by atoms with Crippen LogP contribution < -0.4 is 21.3 Å². The maximum Gasteiger partial charge on any atom is 0.490 e. The fraction of sp³-hybridized carbons (Fsp3) is 0.381. The highest BCUT2D eigenvalue weighted by molar-refractivity contribution is 7.14. The van der Waals surface area contributed by atoms with Gasteiger partial charge in [-0.3, -0.25) is 25.1 Å². The number of hydrogen-bond acceptors (Lipinski definition) is 7. The highest BCUT2D eigenvalue weighted by atomic mass is 32.1. The van der Waals surface area contributed by atoms with Crippen LogP contribution >= 0.6 is 11.3 Å². The van der Waals surface area contributed by atoms with E-state index in [0.29, 0.717) is 10.8 Å². The fourth-order valence-corrected chi connectivity index (χ4v) is 3.50. The lowest BCUT2D eigenvalue weighted by Gasteiger charge is -2.27. The molecular formula is C21H23F4N5O5S. The number of thiazole rings is 1. The van der Waals surface area contributed by atoms with Gasteiger partial charge in [-0.1, -0.05) is 20.8 Å². The molecule has 1 saturated heterocycles. The standard InChI is InChI=1S/C19H22FN5O3S.C2HF3O2/c1-19(2,3)15(21)12-9-29-17(22-12)24-16(27)10-4-5-11(20)13(8-10)25-7-6-14(26)23-18(25)28;3-2(4,5)1(6)7/h4-5,8-9,15H,6-7,21H2,1-3H3,(H,22,24,27)(H,23,26,28);(H,6,7)/t15-;/m0./s1. The molecular weight excluding hydrogens is 510 g/mol. The summed E-state index contributed by atoms with van der Waals surface area (Å²) in [4.78, 5) is 50.2. The molecule has 0 bridgehead atoms. The van der Waals surface area contributed by atoms with Crippen molar-refractivity contribution in [2.75, 3.05) is 16.8 Å². The minimum atomic E-state index is -5.08. The Morgan fingerprint density at radius 1 is 1.25 bits per heavy atom. The molecule has 4 amide bonds. The number of alkyl halides is 3. The van der Waals surface area contributed by atoms with Crippen LogP contribution in [-0.2, 0) is 9.59 Å². The number of aliphatic carboxylic acids is 1. The molecule has 3 rings (SSSR count). The van der Waals surface area contributed by atoms with Gasteiger partial charge in [0.15, 0.2) is 5.13 Å². The van der Waals surface area contributed by atoms with Gasteiger partial charge < -0.3 is 10.8 Å². The molecule has 5 N–H and O–H groups in total. The van der Waals surface area contributed by atoms with Gasteiger partial charge in [0.2, 0.25) is 5.91 Å². The van der Waals surface area contributed by atoms with E-state index in [-0.39, 0.29) is 35.7 Å². The van der Waals surface area contributed by atoms with E-state index in [4.69, 9.17) is 15.6 Å². The summed E-state index contributed by atoms with van der Waals surface area (Å²) in [5.74, 6) is -4.34. The molecule has 36 heavy (non-hydrogen) atoms. The summed E-state index contributed by atoms with van der Waals surface area (Å²) in [7, 11) is 0. The number of rotatable bonds is 4.